The van der Waals surface area contributed by atoms with Crippen LogP contribution in [0.2, 0.25) is 0 Å². The van der Waals surface area contributed by atoms with Crippen LogP contribution in [0.1, 0.15) is 25.4 Å². The minimum absolute atomic E-state index is 0.102. The van der Waals surface area contributed by atoms with Crippen LogP contribution in [0.25, 0.3) is 5.69 Å². The Morgan fingerprint density at radius 2 is 1.74 bits per heavy atom. The molecule has 0 spiro atoms. The Morgan fingerprint density at radius 3 is 2.32 bits per heavy atom. The van der Waals surface area contributed by atoms with Gasteiger partial charge in [-0.3, -0.25) is 18.7 Å². The maximum Gasteiger partial charge on any atom is 0.335 e. The first-order valence-corrected chi connectivity index (χ1v) is 11.8. The summed E-state index contributed by atoms with van der Waals surface area (Å²) in [6.07, 6.45) is 3.63. The molecule has 1 aliphatic rings. The zero-order valence-corrected chi connectivity index (χ0v) is 20.3. The highest BCUT2D eigenvalue weighted by atomic mass is 16.2. The number of amides is 1. The van der Waals surface area contributed by atoms with Gasteiger partial charge in [0, 0.05) is 51.7 Å². The van der Waals surface area contributed by atoms with E-state index < -0.39 is 0 Å². The van der Waals surface area contributed by atoms with Crippen molar-refractivity contribution in [2.45, 2.75) is 40.8 Å². The summed E-state index contributed by atoms with van der Waals surface area (Å²) in [5.41, 5.74) is 1.26. The first kappa shape index (κ1) is 23.5. The van der Waals surface area contributed by atoms with Crippen LogP contribution in [0.4, 0.5) is 5.69 Å². The number of anilines is 1. The predicted molar refractivity (Wildman–Crippen MR) is 132 cm³/mol. The number of hydrogen-bond acceptors (Lipinski definition) is 5. The van der Waals surface area contributed by atoms with Crippen molar-refractivity contribution in [1.29, 1.82) is 0 Å². The standard InChI is InChI=1S/C25H32N6O3/c1-5-30-24(33)22(19(3)31(25(30)34)21-9-7-6-8-10-21)27-13-15-28(16-14-27)23(32)18(2)17-29-12-11-26-20(29)4/h6-12,18H,5,13-17H2,1-4H3/t18-/m1/s1. The average molecular weight is 465 g/mol. The van der Waals surface area contributed by atoms with E-state index in [1.807, 2.05) is 71.7 Å². The van der Waals surface area contributed by atoms with E-state index in [9.17, 15) is 14.4 Å². The molecule has 1 amide bonds. The van der Waals surface area contributed by atoms with Gasteiger partial charge >= 0.3 is 5.69 Å². The molecule has 180 valence electrons. The zero-order valence-electron chi connectivity index (χ0n) is 20.3. The lowest BCUT2D eigenvalue weighted by Crippen LogP contribution is -2.53. The predicted octanol–water partition coefficient (Wildman–Crippen LogP) is 1.82. The molecule has 0 N–H and O–H groups in total. The van der Waals surface area contributed by atoms with Crippen LogP contribution < -0.4 is 16.1 Å². The molecular weight excluding hydrogens is 432 g/mol. The highest BCUT2D eigenvalue weighted by molar-refractivity contribution is 5.78. The van der Waals surface area contributed by atoms with Gasteiger partial charge in [0.25, 0.3) is 5.56 Å². The Bertz CT molecular complexity index is 1280. The second kappa shape index (κ2) is 9.70. The number of aromatic nitrogens is 4. The highest BCUT2D eigenvalue weighted by Crippen LogP contribution is 2.20. The first-order valence-electron chi connectivity index (χ1n) is 11.8. The van der Waals surface area contributed by atoms with Gasteiger partial charge in [-0.05, 0) is 32.9 Å². The summed E-state index contributed by atoms with van der Waals surface area (Å²) in [6.45, 7) is 10.5. The van der Waals surface area contributed by atoms with Crippen molar-refractivity contribution < 1.29 is 4.79 Å². The molecule has 1 saturated heterocycles. The van der Waals surface area contributed by atoms with E-state index in [-0.39, 0.29) is 23.1 Å². The zero-order chi connectivity index (χ0) is 24.4. The fourth-order valence-corrected chi connectivity index (χ4v) is 4.70. The molecule has 9 heteroatoms. The summed E-state index contributed by atoms with van der Waals surface area (Å²) in [5, 5.41) is 0. The summed E-state index contributed by atoms with van der Waals surface area (Å²) in [5.74, 6) is 0.823. The molecule has 1 fully saturated rings. The molecule has 1 atom stereocenters. The Morgan fingerprint density at radius 1 is 1.06 bits per heavy atom. The minimum Gasteiger partial charge on any atom is -0.362 e. The molecule has 0 aliphatic carbocycles. The van der Waals surface area contributed by atoms with Gasteiger partial charge in [-0.1, -0.05) is 25.1 Å². The van der Waals surface area contributed by atoms with Gasteiger partial charge < -0.3 is 14.4 Å². The first-order chi connectivity index (χ1) is 16.3. The number of imidazole rings is 1. The number of nitrogens with zero attached hydrogens (tertiary/aromatic N) is 6. The number of hydrogen-bond donors (Lipinski definition) is 0. The summed E-state index contributed by atoms with van der Waals surface area (Å²) in [7, 11) is 0. The monoisotopic (exact) mass is 464 g/mol. The number of rotatable bonds is 6. The number of aryl methyl sites for hydroxylation is 1. The molecule has 1 aliphatic heterocycles. The quantitative estimate of drug-likeness (QED) is 0.556. The lowest BCUT2D eigenvalue weighted by Gasteiger charge is -2.37. The summed E-state index contributed by atoms with van der Waals surface area (Å²) in [4.78, 5) is 47.5. The van der Waals surface area contributed by atoms with E-state index >= 15 is 0 Å². The molecule has 0 radical (unpaired) electrons. The molecule has 1 aromatic carbocycles. The van der Waals surface area contributed by atoms with Crippen LogP contribution in [0, 0.1) is 19.8 Å². The average Bonchev–Trinajstić information content (AvgIpc) is 3.24. The van der Waals surface area contributed by atoms with Crippen molar-refractivity contribution in [2.24, 2.45) is 5.92 Å². The Hall–Kier alpha value is -3.62. The highest BCUT2D eigenvalue weighted by Gasteiger charge is 2.28. The fourth-order valence-electron chi connectivity index (χ4n) is 4.70. The van der Waals surface area contributed by atoms with E-state index in [2.05, 4.69) is 4.98 Å². The van der Waals surface area contributed by atoms with Crippen molar-refractivity contribution in [3.8, 4) is 5.69 Å². The smallest absolute Gasteiger partial charge is 0.335 e. The van der Waals surface area contributed by atoms with E-state index in [0.29, 0.717) is 50.6 Å². The molecule has 3 heterocycles. The molecule has 3 aromatic rings. The molecule has 0 bridgehead atoms. The Balaban J connectivity index is 1.56. The van der Waals surface area contributed by atoms with Gasteiger partial charge in [-0.2, -0.15) is 0 Å². The third kappa shape index (κ3) is 4.30. The normalized spacial score (nSPS) is 14.9. The number of benzene rings is 1. The molecule has 2 aromatic heterocycles. The molecule has 9 nitrogen and oxygen atoms in total. The molecule has 0 saturated carbocycles. The van der Waals surface area contributed by atoms with Gasteiger partial charge in [-0.15, -0.1) is 0 Å². The number of para-hydroxylation sites is 1. The van der Waals surface area contributed by atoms with E-state index in [0.717, 1.165) is 11.5 Å². The van der Waals surface area contributed by atoms with Crippen LogP contribution in [-0.2, 0) is 17.9 Å². The molecule has 4 rings (SSSR count). The van der Waals surface area contributed by atoms with Crippen LogP contribution >= 0.6 is 0 Å². The largest absolute Gasteiger partial charge is 0.362 e. The van der Waals surface area contributed by atoms with Gasteiger partial charge in [0.1, 0.15) is 11.5 Å². The lowest BCUT2D eigenvalue weighted by molar-refractivity contribution is -0.135. The van der Waals surface area contributed by atoms with Crippen molar-refractivity contribution in [2.75, 3.05) is 31.1 Å². The maximum atomic E-state index is 13.3. The van der Waals surface area contributed by atoms with Crippen LogP contribution in [0.3, 0.4) is 0 Å². The summed E-state index contributed by atoms with van der Waals surface area (Å²) in [6, 6.07) is 9.37. The summed E-state index contributed by atoms with van der Waals surface area (Å²) < 4.78 is 4.87. The van der Waals surface area contributed by atoms with Gasteiger partial charge in [0.2, 0.25) is 5.91 Å². The van der Waals surface area contributed by atoms with Crippen LogP contribution in [-0.4, -0.2) is 55.7 Å². The van der Waals surface area contributed by atoms with Crippen molar-refractivity contribution in [3.05, 3.63) is 75.1 Å². The molecule has 34 heavy (non-hydrogen) atoms. The van der Waals surface area contributed by atoms with Crippen molar-refractivity contribution >= 4 is 11.6 Å². The van der Waals surface area contributed by atoms with Gasteiger partial charge in [0.05, 0.1) is 17.3 Å². The van der Waals surface area contributed by atoms with Crippen LogP contribution in [0.5, 0.6) is 0 Å². The third-order valence-corrected chi connectivity index (χ3v) is 6.60. The fraction of sp³-hybridized carbons (Fsp3) is 0.440. The van der Waals surface area contributed by atoms with E-state index in [4.69, 9.17) is 0 Å². The second-order valence-corrected chi connectivity index (χ2v) is 8.78. The second-order valence-electron chi connectivity index (χ2n) is 8.78. The number of carbonyl (C=O) groups is 1. The SMILES string of the molecule is CCn1c(=O)c(N2CCN(C(=O)[C@H](C)Cn3ccnc3C)CC2)c(C)n(-c2ccccc2)c1=O. The van der Waals surface area contributed by atoms with Gasteiger partial charge in [-0.25, -0.2) is 9.78 Å². The lowest BCUT2D eigenvalue weighted by atomic mass is 10.1. The van der Waals surface area contributed by atoms with Gasteiger partial charge in [0.15, 0.2) is 0 Å². The van der Waals surface area contributed by atoms with E-state index in [1.165, 1.54) is 4.57 Å². The third-order valence-electron chi connectivity index (χ3n) is 6.60. The maximum absolute atomic E-state index is 13.3. The Kier molecular flexibility index (Phi) is 6.72. The molecule has 0 unspecified atom stereocenters. The number of carbonyl (C=O) groups excluding carboxylic acids is 1. The molecular formula is C25H32N6O3. The minimum atomic E-state index is -0.336. The van der Waals surface area contributed by atoms with E-state index in [1.54, 1.807) is 17.7 Å². The summed E-state index contributed by atoms with van der Waals surface area (Å²) >= 11 is 0. The van der Waals surface area contributed by atoms with Crippen molar-refractivity contribution in [3.63, 3.8) is 0 Å². The van der Waals surface area contributed by atoms with Crippen LogP contribution in [0.15, 0.2) is 52.3 Å². The Labute approximate surface area is 198 Å². The number of piperazine rings is 1. The van der Waals surface area contributed by atoms with Crippen molar-refractivity contribution in [1.82, 2.24) is 23.6 Å². The topological polar surface area (TPSA) is 85.4 Å².